The molecule has 20 heavy (non-hydrogen) atoms. The monoisotopic (exact) mass is 330 g/mol. The average molecular weight is 331 g/mol. The third-order valence-electron chi connectivity index (χ3n) is 2.80. The van der Waals surface area contributed by atoms with E-state index in [-0.39, 0.29) is 21.6 Å². The van der Waals surface area contributed by atoms with Crippen molar-refractivity contribution in [1.29, 1.82) is 0 Å². The zero-order valence-corrected chi connectivity index (χ0v) is 12.4. The molecule has 3 aromatic rings. The lowest BCUT2D eigenvalue weighted by atomic mass is 10.2. The van der Waals surface area contributed by atoms with Gasteiger partial charge in [-0.2, -0.15) is 0 Å². The summed E-state index contributed by atoms with van der Waals surface area (Å²) in [5.41, 5.74) is 1.48. The van der Waals surface area contributed by atoms with Gasteiger partial charge in [0, 0.05) is 0 Å². The molecule has 102 valence electrons. The molecule has 2 heterocycles. The lowest BCUT2D eigenvalue weighted by Gasteiger charge is -2.05. The standard InChI is InChI=1S/C13H6Cl2F2N2S/c1-5-4-20-11-10(5)18-13(19-12(11)15)6-2-9(17)7(14)3-8(6)16/h2-4H,1H3. The Morgan fingerprint density at radius 1 is 1.10 bits per heavy atom. The SMILES string of the molecule is Cc1csc2c(Cl)nc(-c3cc(F)c(Cl)cc3F)nc12. The second-order valence-corrected chi connectivity index (χ2v) is 5.83. The van der Waals surface area contributed by atoms with Crippen LogP contribution in [0.5, 0.6) is 0 Å². The van der Waals surface area contributed by atoms with Gasteiger partial charge in [-0.3, -0.25) is 0 Å². The Hall–Kier alpha value is -1.30. The van der Waals surface area contributed by atoms with E-state index >= 15 is 0 Å². The molecule has 0 bridgehead atoms. The van der Waals surface area contributed by atoms with E-state index in [4.69, 9.17) is 23.2 Å². The number of nitrogens with zero attached hydrogens (tertiary/aromatic N) is 2. The highest BCUT2D eigenvalue weighted by Gasteiger charge is 2.16. The number of aryl methyl sites for hydroxylation is 1. The summed E-state index contributed by atoms with van der Waals surface area (Å²) in [6.07, 6.45) is 0. The molecule has 2 nitrogen and oxygen atoms in total. The number of halogens is 4. The van der Waals surface area contributed by atoms with E-state index in [9.17, 15) is 8.78 Å². The van der Waals surface area contributed by atoms with Crippen LogP contribution in [-0.2, 0) is 0 Å². The molecule has 0 N–H and O–H groups in total. The first-order valence-corrected chi connectivity index (χ1v) is 7.17. The Bertz CT molecular complexity index is 833. The summed E-state index contributed by atoms with van der Waals surface area (Å²) in [6, 6.07) is 1.87. The van der Waals surface area contributed by atoms with Gasteiger partial charge >= 0.3 is 0 Å². The molecule has 3 rings (SSSR count). The van der Waals surface area contributed by atoms with Gasteiger partial charge in [0.05, 0.1) is 20.8 Å². The topological polar surface area (TPSA) is 25.8 Å². The van der Waals surface area contributed by atoms with Gasteiger partial charge in [-0.25, -0.2) is 18.7 Å². The molecule has 0 saturated heterocycles. The number of thiophene rings is 1. The van der Waals surface area contributed by atoms with Crippen LogP contribution in [0.25, 0.3) is 21.6 Å². The lowest BCUT2D eigenvalue weighted by Crippen LogP contribution is -1.95. The van der Waals surface area contributed by atoms with Crippen molar-refractivity contribution >= 4 is 44.8 Å². The van der Waals surface area contributed by atoms with Crippen LogP contribution in [0.15, 0.2) is 17.5 Å². The number of fused-ring (bicyclic) bond motifs is 1. The maximum absolute atomic E-state index is 13.9. The van der Waals surface area contributed by atoms with E-state index in [1.54, 1.807) is 0 Å². The van der Waals surface area contributed by atoms with Crippen molar-refractivity contribution in [2.45, 2.75) is 6.92 Å². The van der Waals surface area contributed by atoms with Crippen molar-refractivity contribution in [1.82, 2.24) is 9.97 Å². The van der Waals surface area contributed by atoms with Crippen molar-refractivity contribution in [2.75, 3.05) is 0 Å². The van der Waals surface area contributed by atoms with Crippen LogP contribution in [0.4, 0.5) is 8.78 Å². The number of rotatable bonds is 1. The maximum atomic E-state index is 13.9. The molecule has 0 radical (unpaired) electrons. The summed E-state index contributed by atoms with van der Waals surface area (Å²) >= 11 is 13.0. The molecule has 0 aliphatic rings. The van der Waals surface area contributed by atoms with Crippen LogP contribution in [0.1, 0.15) is 5.56 Å². The van der Waals surface area contributed by atoms with Gasteiger partial charge in [0.1, 0.15) is 11.6 Å². The molecule has 0 spiro atoms. The smallest absolute Gasteiger partial charge is 0.164 e. The van der Waals surface area contributed by atoms with Crippen LogP contribution in [-0.4, -0.2) is 9.97 Å². The molecule has 0 aliphatic heterocycles. The first kappa shape index (κ1) is 13.7. The number of benzene rings is 1. The first-order valence-electron chi connectivity index (χ1n) is 5.53. The Balaban J connectivity index is 2.29. The van der Waals surface area contributed by atoms with E-state index in [2.05, 4.69) is 9.97 Å². The summed E-state index contributed by atoms with van der Waals surface area (Å²) in [5, 5.41) is 1.82. The lowest BCUT2D eigenvalue weighted by molar-refractivity contribution is 0.602. The van der Waals surface area contributed by atoms with Crippen molar-refractivity contribution in [3.63, 3.8) is 0 Å². The van der Waals surface area contributed by atoms with E-state index in [1.165, 1.54) is 11.3 Å². The Morgan fingerprint density at radius 3 is 2.60 bits per heavy atom. The van der Waals surface area contributed by atoms with Gasteiger partial charge in [0.15, 0.2) is 11.0 Å². The minimum atomic E-state index is -0.732. The predicted molar refractivity (Wildman–Crippen MR) is 77.5 cm³/mol. The first-order chi connectivity index (χ1) is 9.47. The van der Waals surface area contributed by atoms with Crippen LogP contribution in [0.3, 0.4) is 0 Å². The van der Waals surface area contributed by atoms with Gasteiger partial charge < -0.3 is 0 Å². The molecule has 0 atom stereocenters. The molecule has 0 aliphatic carbocycles. The minimum Gasteiger partial charge on any atom is -0.227 e. The summed E-state index contributed by atoms with van der Waals surface area (Å²) in [5.74, 6) is -1.39. The van der Waals surface area contributed by atoms with Crippen LogP contribution in [0.2, 0.25) is 10.2 Å². The van der Waals surface area contributed by atoms with E-state index in [1.807, 2.05) is 12.3 Å². The molecule has 2 aromatic heterocycles. The van der Waals surface area contributed by atoms with E-state index < -0.39 is 11.6 Å². The van der Waals surface area contributed by atoms with Crippen LogP contribution >= 0.6 is 34.5 Å². The Kier molecular flexibility index (Phi) is 3.36. The fourth-order valence-electron chi connectivity index (χ4n) is 1.81. The van der Waals surface area contributed by atoms with Crippen molar-refractivity contribution < 1.29 is 8.78 Å². The van der Waals surface area contributed by atoms with Gasteiger partial charge in [0.2, 0.25) is 0 Å². The summed E-state index contributed by atoms with van der Waals surface area (Å²) in [4.78, 5) is 8.29. The third kappa shape index (κ3) is 2.16. The Labute approximate surface area is 127 Å². The highest BCUT2D eigenvalue weighted by molar-refractivity contribution is 7.18. The van der Waals surface area contributed by atoms with Gasteiger partial charge in [-0.05, 0) is 30.0 Å². The van der Waals surface area contributed by atoms with Gasteiger partial charge in [-0.1, -0.05) is 23.2 Å². The molecular weight excluding hydrogens is 325 g/mol. The molecule has 1 aromatic carbocycles. The highest BCUT2D eigenvalue weighted by Crippen LogP contribution is 2.33. The zero-order chi connectivity index (χ0) is 14.4. The number of hydrogen-bond donors (Lipinski definition) is 0. The predicted octanol–water partition coefficient (Wildman–Crippen LogP) is 5.25. The maximum Gasteiger partial charge on any atom is 0.164 e. The normalized spacial score (nSPS) is 11.2. The van der Waals surface area contributed by atoms with E-state index in [0.29, 0.717) is 5.52 Å². The number of hydrogen-bond acceptors (Lipinski definition) is 3. The van der Waals surface area contributed by atoms with Gasteiger partial charge in [0.25, 0.3) is 0 Å². The molecule has 0 saturated carbocycles. The largest absolute Gasteiger partial charge is 0.227 e. The molecule has 0 amide bonds. The summed E-state index contributed by atoms with van der Waals surface area (Å²) in [6.45, 7) is 1.87. The van der Waals surface area contributed by atoms with Crippen LogP contribution < -0.4 is 0 Å². The minimum absolute atomic E-state index is 0.0390. The quantitative estimate of drug-likeness (QED) is 0.449. The molecule has 0 fully saturated rings. The van der Waals surface area contributed by atoms with Gasteiger partial charge in [-0.15, -0.1) is 11.3 Å². The fraction of sp³-hybridized carbons (Fsp3) is 0.0769. The summed E-state index contributed by atoms with van der Waals surface area (Å²) < 4.78 is 28.1. The molecule has 0 unspecified atom stereocenters. The van der Waals surface area contributed by atoms with Crippen molar-refractivity contribution in [3.05, 3.63) is 44.9 Å². The van der Waals surface area contributed by atoms with Crippen LogP contribution in [0, 0.1) is 18.6 Å². The number of aromatic nitrogens is 2. The summed E-state index contributed by atoms with van der Waals surface area (Å²) in [7, 11) is 0. The van der Waals surface area contributed by atoms with Crippen molar-refractivity contribution in [3.8, 4) is 11.4 Å². The molecule has 7 heteroatoms. The second kappa shape index (κ2) is 4.91. The molecular formula is C13H6Cl2F2N2S. The van der Waals surface area contributed by atoms with Crippen molar-refractivity contribution in [2.24, 2.45) is 0 Å². The highest BCUT2D eigenvalue weighted by atomic mass is 35.5. The zero-order valence-electron chi connectivity index (χ0n) is 10.0. The second-order valence-electron chi connectivity index (χ2n) is 4.18. The Morgan fingerprint density at radius 2 is 1.85 bits per heavy atom. The third-order valence-corrected chi connectivity index (χ3v) is 4.57. The average Bonchev–Trinajstić information content (AvgIpc) is 2.76. The van der Waals surface area contributed by atoms with E-state index in [0.717, 1.165) is 22.4 Å². The fourth-order valence-corrected chi connectivity index (χ4v) is 3.13.